The standard InChI is InChI=1S/C16H17N.ClH/c17-16(13-9-10-13)15-8-4-7-14(11-15)12-5-2-1-3-6-12;/h1-8,11,13,16H,9-10,17H2;1H/t16-;/m1./s1. The number of halogens is 1. The Hall–Kier alpha value is -1.31. The normalized spacial score (nSPS) is 15.8. The minimum absolute atomic E-state index is 0. The van der Waals surface area contributed by atoms with Crippen LogP contribution in [0.15, 0.2) is 54.6 Å². The zero-order valence-electron chi connectivity index (χ0n) is 10.3. The third-order valence-electron chi connectivity index (χ3n) is 3.51. The second-order valence-electron chi connectivity index (χ2n) is 4.85. The molecular formula is C16H18ClN. The minimum Gasteiger partial charge on any atom is -0.324 e. The Bertz CT molecular complexity index is 506. The minimum atomic E-state index is 0. The van der Waals surface area contributed by atoms with Crippen molar-refractivity contribution in [3.8, 4) is 11.1 Å². The van der Waals surface area contributed by atoms with E-state index >= 15 is 0 Å². The number of nitrogens with two attached hydrogens (primary N) is 1. The summed E-state index contributed by atoms with van der Waals surface area (Å²) in [7, 11) is 0. The molecule has 18 heavy (non-hydrogen) atoms. The van der Waals surface area contributed by atoms with E-state index in [-0.39, 0.29) is 18.4 Å². The molecule has 0 aromatic heterocycles. The van der Waals surface area contributed by atoms with Crippen molar-refractivity contribution in [3.63, 3.8) is 0 Å². The third kappa shape index (κ3) is 2.74. The van der Waals surface area contributed by atoms with Crippen molar-refractivity contribution in [1.82, 2.24) is 0 Å². The molecule has 1 fully saturated rings. The van der Waals surface area contributed by atoms with E-state index in [0.717, 1.165) is 0 Å². The zero-order chi connectivity index (χ0) is 11.7. The van der Waals surface area contributed by atoms with Crippen LogP contribution in [-0.4, -0.2) is 0 Å². The lowest BCUT2D eigenvalue weighted by atomic mass is 9.98. The summed E-state index contributed by atoms with van der Waals surface area (Å²) in [6.07, 6.45) is 2.58. The molecule has 0 bridgehead atoms. The van der Waals surface area contributed by atoms with Gasteiger partial charge in [0.15, 0.2) is 0 Å². The quantitative estimate of drug-likeness (QED) is 0.879. The number of rotatable bonds is 3. The van der Waals surface area contributed by atoms with E-state index in [0.29, 0.717) is 5.92 Å². The van der Waals surface area contributed by atoms with Crippen molar-refractivity contribution in [2.24, 2.45) is 11.7 Å². The van der Waals surface area contributed by atoms with E-state index in [9.17, 15) is 0 Å². The van der Waals surface area contributed by atoms with Crippen LogP contribution in [0.5, 0.6) is 0 Å². The van der Waals surface area contributed by atoms with E-state index in [1.54, 1.807) is 0 Å². The largest absolute Gasteiger partial charge is 0.324 e. The van der Waals surface area contributed by atoms with Crippen LogP contribution in [0.2, 0.25) is 0 Å². The lowest BCUT2D eigenvalue weighted by Crippen LogP contribution is -2.12. The van der Waals surface area contributed by atoms with Crippen molar-refractivity contribution in [2.75, 3.05) is 0 Å². The van der Waals surface area contributed by atoms with Crippen LogP contribution < -0.4 is 5.73 Å². The van der Waals surface area contributed by atoms with Gasteiger partial charge in [-0.3, -0.25) is 0 Å². The van der Waals surface area contributed by atoms with Gasteiger partial charge in [0.25, 0.3) is 0 Å². The first-order valence-corrected chi connectivity index (χ1v) is 6.25. The summed E-state index contributed by atoms with van der Waals surface area (Å²) in [5.41, 5.74) is 10.0. The number of benzene rings is 2. The fourth-order valence-electron chi connectivity index (χ4n) is 2.28. The van der Waals surface area contributed by atoms with E-state index in [1.807, 2.05) is 6.07 Å². The first-order chi connectivity index (χ1) is 8.34. The summed E-state index contributed by atoms with van der Waals surface area (Å²) >= 11 is 0. The van der Waals surface area contributed by atoms with Crippen LogP contribution in [0.3, 0.4) is 0 Å². The van der Waals surface area contributed by atoms with Gasteiger partial charge in [-0.15, -0.1) is 12.4 Å². The molecule has 2 aromatic carbocycles. The van der Waals surface area contributed by atoms with Crippen LogP contribution in [0.4, 0.5) is 0 Å². The van der Waals surface area contributed by atoms with E-state index in [4.69, 9.17) is 5.73 Å². The summed E-state index contributed by atoms with van der Waals surface area (Å²) in [4.78, 5) is 0. The van der Waals surface area contributed by atoms with Crippen LogP contribution >= 0.6 is 12.4 Å². The monoisotopic (exact) mass is 259 g/mol. The van der Waals surface area contributed by atoms with E-state index < -0.39 is 0 Å². The van der Waals surface area contributed by atoms with Gasteiger partial charge in [0, 0.05) is 6.04 Å². The highest BCUT2D eigenvalue weighted by atomic mass is 35.5. The summed E-state index contributed by atoms with van der Waals surface area (Å²) in [5, 5.41) is 0. The molecule has 1 aliphatic rings. The van der Waals surface area contributed by atoms with Gasteiger partial charge in [-0.05, 0) is 41.5 Å². The second-order valence-corrected chi connectivity index (χ2v) is 4.85. The molecule has 3 rings (SSSR count). The van der Waals surface area contributed by atoms with Gasteiger partial charge in [0.05, 0.1) is 0 Å². The molecule has 0 amide bonds. The SMILES string of the molecule is Cl.N[C@@H](c1cccc(-c2ccccc2)c1)C1CC1. The van der Waals surface area contributed by atoms with Gasteiger partial charge in [-0.25, -0.2) is 0 Å². The Morgan fingerprint density at radius 2 is 1.56 bits per heavy atom. The molecule has 0 aliphatic heterocycles. The maximum absolute atomic E-state index is 6.25. The van der Waals surface area contributed by atoms with Gasteiger partial charge in [-0.2, -0.15) is 0 Å². The second kappa shape index (κ2) is 5.55. The van der Waals surface area contributed by atoms with Crippen molar-refractivity contribution in [3.05, 3.63) is 60.2 Å². The van der Waals surface area contributed by atoms with E-state index in [2.05, 4.69) is 48.5 Å². The smallest absolute Gasteiger partial charge is 0.0323 e. The molecule has 1 saturated carbocycles. The predicted octanol–water partition coefficient (Wildman–Crippen LogP) is 4.19. The highest BCUT2D eigenvalue weighted by Crippen LogP contribution is 2.40. The van der Waals surface area contributed by atoms with Crippen LogP contribution in [0.1, 0.15) is 24.4 Å². The lowest BCUT2D eigenvalue weighted by molar-refractivity contribution is 0.634. The van der Waals surface area contributed by atoms with Gasteiger partial charge in [0.2, 0.25) is 0 Å². The maximum atomic E-state index is 6.25. The molecule has 2 N–H and O–H groups in total. The van der Waals surface area contributed by atoms with Crippen molar-refractivity contribution >= 4 is 12.4 Å². The van der Waals surface area contributed by atoms with Crippen molar-refractivity contribution in [2.45, 2.75) is 18.9 Å². The lowest BCUT2D eigenvalue weighted by Gasteiger charge is -2.12. The summed E-state index contributed by atoms with van der Waals surface area (Å²) < 4.78 is 0. The Balaban J connectivity index is 0.00000120. The Morgan fingerprint density at radius 1 is 0.889 bits per heavy atom. The van der Waals surface area contributed by atoms with Crippen molar-refractivity contribution < 1.29 is 0 Å². The Kier molecular flexibility index (Phi) is 4.05. The molecule has 0 radical (unpaired) electrons. The molecular weight excluding hydrogens is 242 g/mol. The predicted molar refractivity (Wildman–Crippen MR) is 78.8 cm³/mol. The fraction of sp³-hybridized carbons (Fsp3) is 0.250. The van der Waals surface area contributed by atoms with Crippen LogP contribution in [-0.2, 0) is 0 Å². The average Bonchev–Trinajstić information content (AvgIpc) is 3.23. The third-order valence-corrected chi connectivity index (χ3v) is 3.51. The molecule has 1 aliphatic carbocycles. The van der Waals surface area contributed by atoms with Gasteiger partial charge < -0.3 is 5.73 Å². The van der Waals surface area contributed by atoms with Crippen molar-refractivity contribution in [1.29, 1.82) is 0 Å². The molecule has 1 nitrogen and oxygen atoms in total. The summed E-state index contributed by atoms with van der Waals surface area (Å²) in [6, 6.07) is 19.3. The Morgan fingerprint density at radius 3 is 2.22 bits per heavy atom. The Labute approximate surface area is 114 Å². The van der Waals surface area contributed by atoms with Gasteiger partial charge >= 0.3 is 0 Å². The zero-order valence-corrected chi connectivity index (χ0v) is 11.1. The van der Waals surface area contributed by atoms with Gasteiger partial charge in [-0.1, -0.05) is 48.5 Å². The highest BCUT2D eigenvalue weighted by Gasteiger charge is 2.29. The molecule has 0 heterocycles. The first-order valence-electron chi connectivity index (χ1n) is 6.25. The number of hydrogen-bond donors (Lipinski definition) is 1. The molecule has 94 valence electrons. The van der Waals surface area contributed by atoms with E-state index in [1.165, 1.54) is 29.5 Å². The molecule has 1 atom stereocenters. The summed E-state index contributed by atoms with van der Waals surface area (Å²) in [6.45, 7) is 0. The molecule has 2 heteroatoms. The fourth-order valence-corrected chi connectivity index (χ4v) is 2.28. The topological polar surface area (TPSA) is 26.0 Å². The van der Waals surface area contributed by atoms with Gasteiger partial charge in [0.1, 0.15) is 0 Å². The average molecular weight is 260 g/mol. The maximum Gasteiger partial charge on any atom is 0.0323 e. The molecule has 0 saturated heterocycles. The summed E-state index contributed by atoms with van der Waals surface area (Å²) in [5.74, 6) is 0.709. The van der Waals surface area contributed by atoms with Crippen LogP contribution in [0.25, 0.3) is 11.1 Å². The highest BCUT2D eigenvalue weighted by molar-refractivity contribution is 5.85. The van der Waals surface area contributed by atoms with Crippen LogP contribution in [0, 0.1) is 5.92 Å². The molecule has 2 aromatic rings. The first kappa shape index (κ1) is 13.1. The molecule has 0 unspecified atom stereocenters. The molecule has 0 spiro atoms. The number of hydrogen-bond acceptors (Lipinski definition) is 1.